The second-order valence-electron chi connectivity index (χ2n) is 10.9. The molecule has 6 aromatic rings. The van der Waals surface area contributed by atoms with E-state index in [2.05, 4.69) is 122 Å². The average molecular weight is 452 g/mol. The van der Waals surface area contributed by atoms with Crippen molar-refractivity contribution in [2.24, 2.45) is 5.41 Å². The van der Waals surface area contributed by atoms with E-state index in [0.717, 1.165) is 12.8 Å². The number of allylic oxidation sites excluding steroid dienone is 4. The first-order valence-corrected chi connectivity index (χ1v) is 12.7. The fraction of sp³-hybridized carbons (Fsp3) is 0.176. The van der Waals surface area contributed by atoms with Crippen LogP contribution >= 0.6 is 0 Å². The maximum atomic E-state index is 2.59. The third kappa shape index (κ3) is 2.94. The second kappa shape index (κ2) is 7.33. The molecule has 5 aromatic carbocycles. The van der Waals surface area contributed by atoms with Crippen LogP contribution in [0.15, 0.2) is 103 Å². The molecular weight excluding hydrogens is 422 g/mol. The first kappa shape index (κ1) is 20.5. The summed E-state index contributed by atoms with van der Waals surface area (Å²) in [7, 11) is 0. The monoisotopic (exact) mass is 451 g/mol. The van der Waals surface area contributed by atoms with Gasteiger partial charge in [-0.3, -0.25) is 0 Å². The molecule has 0 bridgehead atoms. The van der Waals surface area contributed by atoms with Gasteiger partial charge in [-0.1, -0.05) is 117 Å². The standard InChI is InChI=1S/C34H29N/c1-34(2,3)23-17-19-24(20-18-23)35-32-25-11-5-4-10-22(25)16-21-30(32)31-28-14-8-6-12-26(28)27-13-7-9-15-29(27)33(31)35/h4-17,19,21H,18,20H2,1-3H3. The van der Waals surface area contributed by atoms with Gasteiger partial charge in [0.1, 0.15) is 0 Å². The molecule has 0 radical (unpaired) electrons. The van der Waals surface area contributed by atoms with Gasteiger partial charge < -0.3 is 4.57 Å². The first-order valence-electron chi connectivity index (χ1n) is 12.7. The molecule has 1 heterocycles. The molecule has 1 heteroatoms. The fourth-order valence-electron chi connectivity index (χ4n) is 6.16. The predicted molar refractivity (Wildman–Crippen MR) is 153 cm³/mol. The van der Waals surface area contributed by atoms with Crippen LogP contribution in [0.5, 0.6) is 0 Å². The number of fused-ring (bicyclic) bond motifs is 10. The van der Waals surface area contributed by atoms with Crippen LogP contribution in [0, 0.1) is 5.41 Å². The quantitative estimate of drug-likeness (QED) is 0.219. The van der Waals surface area contributed by atoms with Gasteiger partial charge in [-0.05, 0) is 45.9 Å². The normalized spacial score (nSPS) is 14.8. The van der Waals surface area contributed by atoms with E-state index in [4.69, 9.17) is 0 Å². The fourth-order valence-corrected chi connectivity index (χ4v) is 6.16. The van der Waals surface area contributed by atoms with Crippen molar-refractivity contribution in [2.45, 2.75) is 33.6 Å². The van der Waals surface area contributed by atoms with Crippen LogP contribution in [0.4, 0.5) is 0 Å². The Kier molecular flexibility index (Phi) is 4.30. The van der Waals surface area contributed by atoms with Crippen LogP contribution < -0.4 is 0 Å². The Bertz CT molecular complexity index is 1870. The summed E-state index contributed by atoms with van der Waals surface area (Å²) in [5, 5.41) is 10.6. The van der Waals surface area contributed by atoms with Crippen LogP contribution in [-0.2, 0) is 0 Å². The lowest BCUT2D eigenvalue weighted by atomic mass is 9.81. The van der Waals surface area contributed by atoms with Gasteiger partial charge in [0, 0.05) is 27.2 Å². The van der Waals surface area contributed by atoms with E-state index >= 15 is 0 Å². The molecule has 1 aromatic heterocycles. The van der Waals surface area contributed by atoms with E-state index in [1.165, 1.54) is 65.4 Å². The average Bonchev–Trinajstić information content (AvgIpc) is 3.25. The molecule has 0 fully saturated rings. The zero-order valence-corrected chi connectivity index (χ0v) is 20.6. The summed E-state index contributed by atoms with van der Waals surface area (Å²) in [4.78, 5) is 0. The van der Waals surface area contributed by atoms with Crippen molar-refractivity contribution in [1.29, 1.82) is 0 Å². The Morgan fingerprint density at radius 2 is 1.17 bits per heavy atom. The van der Waals surface area contributed by atoms with Crippen LogP contribution in [0.2, 0.25) is 0 Å². The number of nitrogens with zero attached hydrogens (tertiary/aromatic N) is 1. The Morgan fingerprint density at radius 1 is 0.543 bits per heavy atom. The van der Waals surface area contributed by atoms with Gasteiger partial charge in [0.25, 0.3) is 0 Å². The van der Waals surface area contributed by atoms with E-state index in [9.17, 15) is 0 Å². The number of hydrogen-bond donors (Lipinski definition) is 0. The molecule has 0 unspecified atom stereocenters. The summed E-state index contributed by atoms with van der Waals surface area (Å²) in [6.07, 6.45) is 6.92. The lowest BCUT2D eigenvalue weighted by Crippen LogP contribution is -2.12. The minimum Gasteiger partial charge on any atom is -0.312 e. The third-order valence-corrected chi connectivity index (χ3v) is 7.90. The van der Waals surface area contributed by atoms with Crippen molar-refractivity contribution in [1.82, 2.24) is 4.57 Å². The number of benzene rings is 5. The van der Waals surface area contributed by atoms with Crippen LogP contribution in [0.1, 0.15) is 33.6 Å². The van der Waals surface area contributed by atoms with Crippen molar-refractivity contribution in [3.63, 3.8) is 0 Å². The van der Waals surface area contributed by atoms with E-state index in [1.54, 1.807) is 0 Å². The van der Waals surface area contributed by atoms with Gasteiger partial charge in [-0.2, -0.15) is 0 Å². The second-order valence-corrected chi connectivity index (χ2v) is 10.9. The highest BCUT2D eigenvalue weighted by Gasteiger charge is 2.24. The summed E-state index contributed by atoms with van der Waals surface area (Å²) in [5.74, 6) is 0. The summed E-state index contributed by atoms with van der Waals surface area (Å²) in [6.45, 7) is 6.97. The molecule has 0 spiro atoms. The molecule has 0 N–H and O–H groups in total. The minimum atomic E-state index is 0.207. The van der Waals surface area contributed by atoms with E-state index < -0.39 is 0 Å². The Balaban J connectivity index is 1.75. The topological polar surface area (TPSA) is 4.93 Å². The van der Waals surface area contributed by atoms with Gasteiger partial charge >= 0.3 is 0 Å². The largest absolute Gasteiger partial charge is 0.312 e. The van der Waals surface area contributed by atoms with Crippen LogP contribution in [0.3, 0.4) is 0 Å². The van der Waals surface area contributed by atoms with E-state index in [0.29, 0.717) is 0 Å². The molecule has 7 rings (SSSR count). The smallest absolute Gasteiger partial charge is 0.0622 e. The van der Waals surface area contributed by atoms with Gasteiger partial charge in [0.2, 0.25) is 0 Å². The highest BCUT2D eigenvalue weighted by molar-refractivity contribution is 6.34. The van der Waals surface area contributed by atoms with Gasteiger partial charge in [0.05, 0.1) is 11.0 Å². The maximum Gasteiger partial charge on any atom is 0.0622 e. The highest BCUT2D eigenvalue weighted by Crippen LogP contribution is 2.45. The number of hydrogen-bond acceptors (Lipinski definition) is 0. The van der Waals surface area contributed by atoms with E-state index in [1.807, 2.05) is 0 Å². The van der Waals surface area contributed by atoms with Crippen molar-refractivity contribution in [3.05, 3.63) is 103 Å². The van der Waals surface area contributed by atoms with Crippen molar-refractivity contribution < 1.29 is 0 Å². The first-order chi connectivity index (χ1) is 17.0. The zero-order valence-electron chi connectivity index (χ0n) is 20.6. The Hall–Kier alpha value is -3.84. The lowest BCUT2D eigenvalue weighted by Gasteiger charge is -2.27. The molecule has 1 nitrogen and oxygen atoms in total. The molecule has 0 aliphatic heterocycles. The maximum absolute atomic E-state index is 2.59. The molecule has 1 aliphatic rings. The Morgan fingerprint density at radius 3 is 1.86 bits per heavy atom. The van der Waals surface area contributed by atoms with Crippen molar-refractivity contribution in [3.8, 4) is 0 Å². The van der Waals surface area contributed by atoms with Crippen molar-refractivity contribution >= 4 is 59.8 Å². The third-order valence-electron chi connectivity index (χ3n) is 7.90. The highest BCUT2D eigenvalue weighted by atomic mass is 15.0. The molecular formula is C34H29N. The van der Waals surface area contributed by atoms with Crippen LogP contribution in [0.25, 0.3) is 59.8 Å². The molecule has 0 atom stereocenters. The molecule has 170 valence electrons. The van der Waals surface area contributed by atoms with Gasteiger partial charge in [-0.25, -0.2) is 0 Å². The number of aromatic nitrogens is 1. The van der Waals surface area contributed by atoms with E-state index in [-0.39, 0.29) is 5.41 Å². The summed E-state index contributed by atoms with van der Waals surface area (Å²) >= 11 is 0. The molecule has 0 saturated carbocycles. The molecule has 1 aliphatic carbocycles. The summed E-state index contributed by atoms with van der Waals surface area (Å²) in [6, 6.07) is 31.3. The molecule has 35 heavy (non-hydrogen) atoms. The summed E-state index contributed by atoms with van der Waals surface area (Å²) in [5.41, 5.74) is 5.79. The zero-order chi connectivity index (χ0) is 23.7. The van der Waals surface area contributed by atoms with Crippen molar-refractivity contribution in [2.75, 3.05) is 0 Å². The Labute approximate surface area is 206 Å². The number of rotatable bonds is 1. The molecule has 0 saturated heterocycles. The van der Waals surface area contributed by atoms with Crippen LogP contribution in [-0.4, -0.2) is 4.57 Å². The van der Waals surface area contributed by atoms with Gasteiger partial charge in [0.15, 0.2) is 0 Å². The predicted octanol–water partition coefficient (Wildman–Crippen LogP) is 9.86. The molecule has 0 amide bonds. The summed E-state index contributed by atoms with van der Waals surface area (Å²) < 4.78 is 2.59. The van der Waals surface area contributed by atoms with Gasteiger partial charge in [-0.15, -0.1) is 0 Å². The SMILES string of the molecule is CC(C)(C)C1=CC=C(n2c3c4ccccc4ccc3c3c4ccccc4c4ccccc4c32)CC1. The lowest BCUT2D eigenvalue weighted by molar-refractivity contribution is 0.481. The minimum absolute atomic E-state index is 0.207.